The van der Waals surface area contributed by atoms with Gasteiger partial charge >= 0.3 is 0 Å². The molecule has 1 atom stereocenters. The second-order valence-corrected chi connectivity index (χ2v) is 6.46. The van der Waals surface area contributed by atoms with Gasteiger partial charge in [-0.3, -0.25) is 10.5 Å². The number of hydrogen-bond donors (Lipinski definition) is 2. The van der Waals surface area contributed by atoms with Crippen LogP contribution in [0.15, 0.2) is 6.20 Å². The summed E-state index contributed by atoms with van der Waals surface area (Å²) in [6.07, 6.45) is 1.68. The fourth-order valence-corrected chi connectivity index (χ4v) is 2.26. The molecule has 1 aromatic rings. The van der Waals surface area contributed by atoms with E-state index in [0.717, 1.165) is 18.8 Å². The van der Waals surface area contributed by atoms with E-state index in [2.05, 4.69) is 34.2 Å². The van der Waals surface area contributed by atoms with Gasteiger partial charge in [-0.25, -0.2) is 5.43 Å². The average Bonchev–Trinajstić information content (AvgIpc) is 2.69. The quantitative estimate of drug-likeness (QED) is 0.580. The van der Waals surface area contributed by atoms with Crippen molar-refractivity contribution in [1.29, 1.82) is 0 Å². The van der Waals surface area contributed by atoms with Gasteiger partial charge in [-0.2, -0.15) is 5.10 Å². The topological polar surface area (TPSA) is 62.4 Å². The van der Waals surface area contributed by atoms with E-state index in [9.17, 15) is 0 Å². The molecule has 1 rings (SSSR count). The Hall–Kier alpha value is -0.660. The lowest BCUT2D eigenvalue weighted by molar-refractivity contribution is 0.132. The predicted octanol–water partition coefficient (Wildman–Crippen LogP) is 0.943. The normalized spacial score (nSPS) is 14.3. The molecule has 0 amide bonds. The van der Waals surface area contributed by atoms with E-state index >= 15 is 0 Å². The summed E-state index contributed by atoms with van der Waals surface area (Å²) in [6, 6.07) is -0.116. The SMILES string of the molecule is CN(C)CCn1ncc(Cl)c1C(NN)C(C)(C)N(C)C. The van der Waals surface area contributed by atoms with E-state index in [-0.39, 0.29) is 11.6 Å². The highest BCUT2D eigenvalue weighted by atomic mass is 35.5. The molecule has 0 aliphatic rings. The third-order valence-corrected chi connectivity index (χ3v) is 4.18. The molecule has 0 saturated carbocycles. The zero-order valence-corrected chi connectivity index (χ0v) is 14.1. The summed E-state index contributed by atoms with van der Waals surface area (Å²) in [5, 5.41) is 5.01. The van der Waals surface area contributed by atoms with Gasteiger partial charge in [0.05, 0.1) is 29.5 Å². The van der Waals surface area contributed by atoms with Gasteiger partial charge in [-0.05, 0) is 42.0 Å². The number of halogens is 1. The zero-order chi connectivity index (χ0) is 15.5. The Morgan fingerprint density at radius 1 is 1.40 bits per heavy atom. The molecule has 0 saturated heterocycles. The molecule has 20 heavy (non-hydrogen) atoms. The Balaban J connectivity index is 3.12. The molecule has 0 radical (unpaired) electrons. The van der Waals surface area contributed by atoms with Crippen molar-refractivity contribution in [3.05, 3.63) is 16.9 Å². The van der Waals surface area contributed by atoms with Crippen LogP contribution in [-0.4, -0.2) is 59.9 Å². The van der Waals surface area contributed by atoms with Crippen molar-refractivity contribution in [3.8, 4) is 0 Å². The highest BCUT2D eigenvalue weighted by Gasteiger charge is 2.35. The van der Waals surface area contributed by atoms with Crippen LogP contribution in [0.2, 0.25) is 5.02 Å². The van der Waals surface area contributed by atoms with Crippen LogP contribution >= 0.6 is 11.6 Å². The van der Waals surface area contributed by atoms with Gasteiger partial charge in [0, 0.05) is 12.1 Å². The van der Waals surface area contributed by atoms with E-state index in [1.807, 2.05) is 32.9 Å². The molecule has 0 aliphatic heterocycles. The summed E-state index contributed by atoms with van der Waals surface area (Å²) in [7, 11) is 8.12. The van der Waals surface area contributed by atoms with Crippen LogP contribution in [0.3, 0.4) is 0 Å². The Labute approximate surface area is 126 Å². The molecule has 1 unspecified atom stereocenters. The van der Waals surface area contributed by atoms with Crippen molar-refractivity contribution >= 4 is 11.6 Å². The van der Waals surface area contributed by atoms with Crippen molar-refractivity contribution in [2.75, 3.05) is 34.7 Å². The maximum Gasteiger partial charge on any atom is 0.0835 e. The lowest BCUT2D eigenvalue weighted by Crippen LogP contribution is -2.52. The van der Waals surface area contributed by atoms with Gasteiger partial charge in [-0.15, -0.1) is 0 Å². The first-order valence-corrected chi connectivity index (χ1v) is 7.09. The van der Waals surface area contributed by atoms with Crippen molar-refractivity contribution in [1.82, 2.24) is 25.0 Å². The van der Waals surface area contributed by atoms with E-state index in [0.29, 0.717) is 5.02 Å². The van der Waals surface area contributed by atoms with Crippen LogP contribution in [0.4, 0.5) is 0 Å². The maximum absolute atomic E-state index is 6.33. The number of aromatic nitrogens is 2. The second kappa shape index (κ2) is 6.87. The van der Waals surface area contributed by atoms with Gasteiger partial charge < -0.3 is 9.80 Å². The van der Waals surface area contributed by atoms with Crippen molar-refractivity contribution in [2.24, 2.45) is 5.84 Å². The molecule has 3 N–H and O–H groups in total. The highest BCUT2D eigenvalue weighted by Crippen LogP contribution is 2.33. The standard InChI is InChI=1S/C13H27ClN6/c1-13(2,19(5)6)12(17-15)11-10(14)9-16-20(11)8-7-18(3)4/h9,12,17H,7-8,15H2,1-6H3. The van der Waals surface area contributed by atoms with E-state index in [1.54, 1.807) is 6.20 Å². The fraction of sp³-hybridized carbons (Fsp3) is 0.769. The number of nitrogens with two attached hydrogens (primary N) is 1. The van der Waals surface area contributed by atoms with Gasteiger partial charge in [0.2, 0.25) is 0 Å². The molecule has 0 bridgehead atoms. The summed E-state index contributed by atoms with van der Waals surface area (Å²) < 4.78 is 1.93. The van der Waals surface area contributed by atoms with Gasteiger partial charge in [0.25, 0.3) is 0 Å². The Kier molecular flexibility index (Phi) is 5.97. The molecule has 0 aromatic carbocycles. The summed E-state index contributed by atoms with van der Waals surface area (Å²) in [5.74, 6) is 5.79. The van der Waals surface area contributed by atoms with Crippen LogP contribution < -0.4 is 11.3 Å². The summed E-state index contributed by atoms with van der Waals surface area (Å²) >= 11 is 6.33. The number of nitrogens with zero attached hydrogens (tertiary/aromatic N) is 4. The molecule has 1 heterocycles. The van der Waals surface area contributed by atoms with E-state index in [4.69, 9.17) is 17.4 Å². The van der Waals surface area contributed by atoms with Gasteiger partial charge in [0.15, 0.2) is 0 Å². The smallest absolute Gasteiger partial charge is 0.0835 e. The number of nitrogens with one attached hydrogen (secondary N) is 1. The number of rotatable bonds is 7. The molecule has 1 aromatic heterocycles. The lowest BCUT2D eigenvalue weighted by Gasteiger charge is -2.40. The monoisotopic (exact) mass is 302 g/mol. The average molecular weight is 303 g/mol. The first kappa shape index (κ1) is 17.4. The molecule has 7 heteroatoms. The van der Waals surface area contributed by atoms with Crippen LogP contribution in [-0.2, 0) is 6.54 Å². The molecule has 116 valence electrons. The van der Waals surface area contributed by atoms with Crippen LogP contribution in [0, 0.1) is 0 Å². The Morgan fingerprint density at radius 3 is 2.45 bits per heavy atom. The summed E-state index contributed by atoms with van der Waals surface area (Å²) in [6.45, 7) is 5.91. The van der Waals surface area contributed by atoms with Crippen LogP contribution in [0.1, 0.15) is 25.6 Å². The largest absolute Gasteiger partial charge is 0.308 e. The van der Waals surface area contributed by atoms with Crippen molar-refractivity contribution < 1.29 is 0 Å². The van der Waals surface area contributed by atoms with Crippen molar-refractivity contribution in [3.63, 3.8) is 0 Å². The first-order chi connectivity index (χ1) is 9.21. The van der Waals surface area contributed by atoms with Gasteiger partial charge in [0.1, 0.15) is 0 Å². The number of hydrazine groups is 1. The minimum atomic E-state index is -0.200. The number of hydrogen-bond acceptors (Lipinski definition) is 5. The zero-order valence-electron chi connectivity index (χ0n) is 13.3. The highest BCUT2D eigenvalue weighted by molar-refractivity contribution is 6.31. The van der Waals surface area contributed by atoms with Crippen LogP contribution in [0.25, 0.3) is 0 Å². The molecular weight excluding hydrogens is 276 g/mol. The molecule has 0 aliphatic carbocycles. The predicted molar refractivity (Wildman–Crippen MR) is 83.6 cm³/mol. The lowest BCUT2D eigenvalue weighted by atomic mass is 9.91. The molecule has 0 fully saturated rings. The molecular formula is C13H27ClN6. The van der Waals surface area contributed by atoms with Gasteiger partial charge in [-0.1, -0.05) is 11.6 Å². The van der Waals surface area contributed by atoms with Crippen molar-refractivity contribution in [2.45, 2.75) is 32.0 Å². The Morgan fingerprint density at radius 2 is 2.00 bits per heavy atom. The maximum atomic E-state index is 6.33. The second-order valence-electron chi connectivity index (χ2n) is 6.05. The summed E-state index contributed by atoms with van der Waals surface area (Å²) in [4.78, 5) is 4.23. The minimum Gasteiger partial charge on any atom is -0.308 e. The molecule has 6 nitrogen and oxygen atoms in total. The van der Waals surface area contributed by atoms with Crippen LogP contribution in [0.5, 0.6) is 0 Å². The van der Waals surface area contributed by atoms with E-state index in [1.165, 1.54) is 0 Å². The third-order valence-electron chi connectivity index (χ3n) is 3.89. The number of likely N-dealkylation sites (N-methyl/N-ethyl adjacent to an activating group) is 2. The minimum absolute atomic E-state index is 0.116. The first-order valence-electron chi connectivity index (χ1n) is 6.71. The molecule has 0 spiro atoms. The Bertz CT molecular complexity index is 426. The van der Waals surface area contributed by atoms with E-state index < -0.39 is 0 Å². The fourth-order valence-electron chi connectivity index (χ4n) is 2.01. The summed E-state index contributed by atoms with van der Waals surface area (Å²) in [5.41, 5.74) is 3.62. The third kappa shape index (κ3) is 3.71.